The summed E-state index contributed by atoms with van der Waals surface area (Å²) in [6, 6.07) is 4.17. The number of rotatable bonds is 8. The van der Waals surface area contributed by atoms with Crippen molar-refractivity contribution < 1.29 is 18.9 Å². The molecule has 0 N–H and O–H groups in total. The van der Waals surface area contributed by atoms with Gasteiger partial charge in [0.1, 0.15) is 5.75 Å². The molecule has 23 heavy (non-hydrogen) atoms. The quantitative estimate of drug-likeness (QED) is 0.233. The van der Waals surface area contributed by atoms with E-state index < -0.39 is 13.2 Å². The van der Waals surface area contributed by atoms with Crippen molar-refractivity contribution in [2.24, 2.45) is 0 Å². The topological polar surface area (TPSA) is 78.7 Å². The molecule has 0 amide bonds. The number of hydrogen-bond donors (Lipinski definition) is 0. The van der Waals surface area contributed by atoms with Gasteiger partial charge in [0.05, 0.1) is 17.1 Å². The van der Waals surface area contributed by atoms with Gasteiger partial charge < -0.3 is 9.16 Å². The monoisotopic (exact) mass is 339 g/mol. The largest absolute Gasteiger partial charge is 0.493 e. The summed E-state index contributed by atoms with van der Waals surface area (Å²) >= 11 is 0. The van der Waals surface area contributed by atoms with Crippen LogP contribution in [0.4, 0.5) is 5.69 Å². The van der Waals surface area contributed by atoms with Crippen molar-refractivity contribution in [3.05, 3.63) is 33.9 Å². The van der Waals surface area contributed by atoms with Crippen molar-refractivity contribution >= 4 is 20.3 Å². The van der Waals surface area contributed by atoms with Gasteiger partial charge in [-0.05, 0) is 30.3 Å². The van der Waals surface area contributed by atoms with E-state index in [9.17, 15) is 14.9 Å². The van der Waals surface area contributed by atoms with Gasteiger partial charge in [0.15, 0.2) is 14.6 Å². The Hall–Kier alpha value is -1.73. The maximum atomic E-state index is 10.9. The molecule has 0 aliphatic heterocycles. The predicted molar refractivity (Wildman–Crippen MR) is 91.7 cm³/mol. The molecule has 1 aromatic rings. The molecule has 0 bridgehead atoms. The lowest BCUT2D eigenvalue weighted by Gasteiger charge is -2.36. The summed E-state index contributed by atoms with van der Waals surface area (Å²) in [5.41, 5.74) is -0.196. The van der Waals surface area contributed by atoms with Crippen LogP contribution in [-0.4, -0.2) is 32.7 Å². The van der Waals surface area contributed by atoms with Gasteiger partial charge in [0.2, 0.25) is 0 Å². The zero-order valence-electron chi connectivity index (χ0n) is 14.4. The molecule has 7 heteroatoms. The number of carbonyl (C=O) groups is 1. The number of carbonyl (C=O) groups excluding carboxylic acids is 1. The van der Waals surface area contributed by atoms with E-state index in [0.29, 0.717) is 25.2 Å². The predicted octanol–water partition coefficient (Wildman–Crippen LogP) is 4.20. The highest BCUT2D eigenvalue weighted by atomic mass is 28.4. The van der Waals surface area contributed by atoms with E-state index in [2.05, 4.69) is 33.9 Å². The summed E-state index contributed by atoms with van der Waals surface area (Å²) in [5.74, 6) is 0.449. The summed E-state index contributed by atoms with van der Waals surface area (Å²) in [6.07, 6.45) is 1.19. The smallest absolute Gasteiger partial charge is 0.280 e. The Bertz CT molecular complexity index is 566. The normalized spacial score (nSPS) is 12.0. The first kappa shape index (κ1) is 19.3. The van der Waals surface area contributed by atoms with Gasteiger partial charge in [0, 0.05) is 19.1 Å². The molecular formula is C16H25NO5Si. The van der Waals surface area contributed by atoms with Gasteiger partial charge in [-0.25, -0.2) is 0 Å². The molecule has 0 spiro atoms. The van der Waals surface area contributed by atoms with E-state index in [4.69, 9.17) is 9.16 Å². The summed E-state index contributed by atoms with van der Waals surface area (Å²) < 4.78 is 11.6. The summed E-state index contributed by atoms with van der Waals surface area (Å²) in [5, 5.41) is 10.9. The minimum atomic E-state index is -1.75. The molecule has 0 aliphatic carbocycles. The minimum absolute atomic E-state index is 0.0185. The van der Waals surface area contributed by atoms with Gasteiger partial charge in [-0.2, -0.15) is 0 Å². The van der Waals surface area contributed by atoms with Gasteiger partial charge in [-0.1, -0.05) is 20.8 Å². The van der Waals surface area contributed by atoms with Crippen molar-refractivity contribution in [2.75, 3.05) is 13.2 Å². The first-order valence-electron chi connectivity index (χ1n) is 7.59. The summed E-state index contributed by atoms with van der Waals surface area (Å²) in [7, 11) is -1.75. The lowest BCUT2D eigenvalue weighted by molar-refractivity contribution is -0.385. The van der Waals surface area contributed by atoms with E-state index in [1.807, 2.05) is 0 Å². The second-order valence-corrected chi connectivity index (χ2v) is 11.7. The van der Waals surface area contributed by atoms with Gasteiger partial charge in [0.25, 0.3) is 5.69 Å². The van der Waals surface area contributed by atoms with Crippen LogP contribution in [0, 0.1) is 10.1 Å². The molecule has 0 saturated carbocycles. The lowest BCUT2D eigenvalue weighted by Crippen LogP contribution is -2.41. The molecule has 0 heterocycles. The van der Waals surface area contributed by atoms with Crippen LogP contribution >= 0.6 is 0 Å². The zero-order chi connectivity index (χ0) is 17.7. The van der Waals surface area contributed by atoms with E-state index in [-0.39, 0.29) is 16.3 Å². The molecular weight excluding hydrogens is 314 g/mol. The molecule has 1 rings (SSSR count). The Kier molecular flexibility index (Phi) is 6.46. The van der Waals surface area contributed by atoms with Crippen LogP contribution in [0.2, 0.25) is 18.1 Å². The number of nitro benzene ring substituents is 1. The molecule has 0 fully saturated rings. The first-order chi connectivity index (χ1) is 10.6. The third-order valence-corrected chi connectivity index (χ3v) is 8.69. The number of benzene rings is 1. The molecule has 0 radical (unpaired) electrons. The van der Waals surface area contributed by atoms with Crippen LogP contribution in [0.25, 0.3) is 0 Å². The highest BCUT2D eigenvalue weighted by Gasteiger charge is 2.36. The fourth-order valence-corrected chi connectivity index (χ4v) is 2.76. The Labute approximate surface area is 138 Å². The maximum Gasteiger partial charge on any atom is 0.280 e. The average molecular weight is 339 g/mol. The Morgan fingerprint density at radius 1 is 1.26 bits per heavy atom. The van der Waals surface area contributed by atoms with Crippen LogP contribution in [0.15, 0.2) is 18.2 Å². The molecule has 0 aromatic heterocycles. The lowest BCUT2D eigenvalue weighted by atomic mass is 10.2. The minimum Gasteiger partial charge on any atom is -0.493 e. The standard InChI is InChI=1S/C16H25NO5Si/c1-16(2,3)23(4,5)22-10-6-9-21-14-7-8-15(17(19)20)13(11-14)12-18/h7-8,11-12H,6,9-10H2,1-5H3. The molecule has 6 nitrogen and oxygen atoms in total. The SMILES string of the molecule is CC(C)(C)[Si](C)(C)OCCCOc1ccc([N+](=O)[O-])c(C=O)c1. The van der Waals surface area contributed by atoms with E-state index in [1.165, 1.54) is 18.2 Å². The van der Waals surface area contributed by atoms with Crippen LogP contribution in [0.5, 0.6) is 5.75 Å². The van der Waals surface area contributed by atoms with Crippen molar-refractivity contribution in [3.63, 3.8) is 0 Å². The molecule has 0 aliphatic rings. The van der Waals surface area contributed by atoms with Crippen LogP contribution in [0.1, 0.15) is 37.6 Å². The molecule has 0 saturated heterocycles. The number of nitrogens with zero attached hydrogens (tertiary/aromatic N) is 1. The zero-order valence-corrected chi connectivity index (χ0v) is 15.4. The maximum absolute atomic E-state index is 10.9. The van der Waals surface area contributed by atoms with E-state index in [0.717, 1.165) is 6.42 Å². The van der Waals surface area contributed by atoms with Crippen molar-refractivity contribution in [2.45, 2.75) is 45.3 Å². The fourth-order valence-electron chi connectivity index (χ4n) is 1.68. The molecule has 128 valence electrons. The van der Waals surface area contributed by atoms with Gasteiger partial charge in [-0.3, -0.25) is 14.9 Å². The number of hydrogen-bond acceptors (Lipinski definition) is 5. The number of nitro groups is 1. The first-order valence-corrected chi connectivity index (χ1v) is 10.5. The summed E-state index contributed by atoms with van der Waals surface area (Å²) in [6.45, 7) is 12.0. The molecule has 1 aromatic carbocycles. The van der Waals surface area contributed by atoms with E-state index in [1.54, 1.807) is 0 Å². The second-order valence-electron chi connectivity index (χ2n) is 6.91. The van der Waals surface area contributed by atoms with Crippen molar-refractivity contribution in [1.29, 1.82) is 0 Å². The highest BCUT2D eigenvalue weighted by Crippen LogP contribution is 2.36. The fraction of sp³-hybridized carbons (Fsp3) is 0.562. The Balaban J connectivity index is 2.48. The molecule has 0 atom stereocenters. The van der Waals surface area contributed by atoms with E-state index >= 15 is 0 Å². The third-order valence-electron chi connectivity index (χ3n) is 4.15. The van der Waals surface area contributed by atoms with Crippen LogP contribution < -0.4 is 4.74 Å². The van der Waals surface area contributed by atoms with Crippen LogP contribution in [-0.2, 0) is 4.43 Å². The second kappa shape index (κ2) is 7.70. The van der Waals surface area contributed by atoms with Gasteiger partial charge >= 0.3 is 0 Å². The van der Waals surface area contributed by atoms with Crippen LogP contribution in [0.3, 0.4) is 0 Å². The number of ether oxygens (including phenoxy) is 1. The van der Waals surface area contributed by atoms with Gasteiger partial charge in [-0.15, -0.1) is 0 Å². The Morgan fingerprint density at radius 2 is 1.91 bits per heavy atom. The Morgan fingerprint density at radius 3 is 2.43 bits per heavy atom. The average Bonchev–Trinajstić information content (AvgIpc) is 2.45. The highest BCUT2D eigenvalue weighted by molar-refractivity contribution is 6.74. The summed E-state index contributed by atoms with van der Waals surface area (Å²) in [4.78, 5) is 21.1. The molecule has 0 unspecified atom stereocenters. The third kappa shape index (κ3) is 5.44. The van der Waals surface area contributed by atoms with Crippen molar-refractivity contribution in [3.8, 4) is 5.75 Å². The van der Waals surface area contributed by atoms with Crippen molar-refractivity contribution in [1.82, 2.24) is 0 Å². The number of aldehydes is 1.